The zero-order valence-corrected chi connectivity index (χ0v) is 14.4. The molecule has 0 heterocycles. The van der Waals surface area contributed by atoms with Gasteiger partial charge in [0.25, 0.3) is 0 Å². The fourth-order valence-corrected chi connectivity index (χ4v) is 2.19. The summed E-state index contributed by atoms with van der Waals surface area (Å²) in [4.78, 5) is 26.0. The third-order valence-corrected chi connectivity index (χ3v) is 3.85. The van der Waals surface area contributed by atoms with E-state index in [-0.39, 0.29) is 18.4 Å². The zero-order chi connectivity index (χ0) is 17.5. The van der Waals surface area contributed by atoms with E-state index in [0.29, 0.717) is 10.7 Å². The Labute approximate surface area is 146 Å². The van der Waals surface area contributed by atoms with Crippen molar-refractivity contribution in [1.29, 1.82) is 0 Å². The van der Waals surface area contributed by atoms with E-state index in [1.165, 1.54) is 0 Å². The Morgan fingerprint density at radius 2 is 1.58 bits per heavy atom. The van der Waals surface area contributed by atoms with Gasteiger partial charge >= 0.3 is 0 Å². The number of para-hydroxylation sites is 1. The second kappa shape index (κ2) is 8.47. The maximum absolute atomic E-state index is 12.2. The van der Waals surface area contributed by atoms with Crippen molar-refractivity contribution in [2.45, 2.75) is 13.0 Å². The number of amides is 2. The number of rotatable bonds is 6. The van der Waals surface area contributed by atoms with E-state index >= 15 is 0 Å². The highest BCUT2D eigenvalue weighted by Crippen LogP contribution is 2.13. The van der Waals surface area contributed by atoms with Gasteiger partial charge in [-0.2, -0.15) is 0 Å². The molecular formula is C18H20ClN3O2. The minimum absolute atomic E-state index is 0.103. The SMILES string of the molecule is C[C@@H](C(=O)Nc1ccccc1)N(C)CC(=O)Nc1ccc(Cl)cc1. The molecule has 2 rings (SSSR count). The largest absolute Gasteiger partial charge is 0.325 e. The Kier molecular flexibility index (Phi) is 6.35. The summed E-state index contributed by atoms with van der Waals surface area (Å²) in [5.41, 5.74) is 1.40. The van der Waals surface area contributed by atoms with Gasteiger partial charge in [0.1, 0.15) is 0 Å². The third kappa shape index (κ3) is 5.37. The lowest BCUT2D eigenvalue weighted by Crippen LogP contribution is -2.43. The molecule has 2 amide bonds. The van der Waals surface area contributed by atoms with Gasteiger partial charge in [-0.05, 0) is 50.4 Å². The lowest BCUT2D eigenvalue weighted by molar-refractivity contribution is -0.122. The van der Waals surface area contributed by atoms with Crippen molar-refractivity contribution in [2.75, 3.05) is 24.2 Å². The lowest BCUT2D eigenvalue weighted by Gasteiger charge is -2.23. The van der Waals surface area contributed by atoms with Crippen LogP contribution in [0.15, 0.2) is 54.6 Å². The van der Waals surface area contributed by atoms with Crippen molar-refractivity contribution >= 4 is 34.8 Å². The summed E-state index contributed by atoms with van der Waals surface area (Å²) in [5, 5.41) is 6.21. The third-order valence-electron chi connectivity index (χ3n) is 3.60. The molecule has 0 aliphatic carbocycles. The van der Waals surface area contributed by atoms with Crippen LogP contribution >= 0.6 is 11.6 Å². The molecule has 5 nitrogen and oxygen atoms in total. The molecule has 1 atom stereocenters. The highest BCUT2D eigenvalue weighted by Gasteiger charge is 2.20. The summed E-state index contributed by atoms with van der Waals surface area (Å²) in [5.74, 6) is -0.359. The van der Waals surface area contributed by atoms with Gasteiger partial charge in [-0.25, -0.2) is 0 Å². The normalized spacial score (nSPS) is 11.8. The van der Waals surface area contributed by atoms with E-state index in [4.69, 9.17) is 11.6 Å². The number of carbonyl (C=O) groups is 2. The Morgan fingerprint density at radius 3 is 2.21 bits per heavy atom. The number of benzene rings is 2. The number of halogens is 1. The maximum atomic E-state index is 12.2. The van der Waals surface area contributed by atoms with E-state index in [9.17, 15) is 9.59 Å². The number of carbonyl (C=O) groups excluding carboxylic acids is 2. The van der Waals surface area contributed by atoms with Gasteiger partial charge in [0.2, 0.25) is 11.8 Å². The summed E-state index contributed by atoms with van der Waals surface area (Å²) >= 11 is 5.81. The highest BCUT2D eigenvalue weighted by atomic mass is 35.5. The first-order chi connectivity index (χ1) is 11.5. The predicted octanol–water partition coefficient (Wildman–Crippen LogP) is 3.24. The van der Waals surface area contributed by atoms with Gasteiger partial charge < -0.3 is 10.6 Å². The molecule has 0 radical (unpaired) electrons. The van der Waals surface area contributed by atoms with Crippen molar-refractivity contribution in [3.63, 3.8) is 0 Å². The Balaban J connectivity index is 1.86. The minimum atomic E-state index is -0.443. The van der Waals surface area contributed by atoms with Crippen LogP contribution in [0.5, 0.6) is 0 Å². The quantitative estimate of drug-likeness (QED) is 0.845. The highest BCUT2D eigenvalue weighted by molar-refractivity contribution is 6.30. The van der Waals surface area contributed by atoms with Crippen LogP contribution in [-0.4, -0.2) is 36.3 Å². The number of anilines is 2. The summed E-state index contributed by atoms with van der Waals surface area (Å²) in [7, 11) is 1.73. The van der Waals surface area contributed by atoms with Gasteiger partial charge in [-0.3, -0.25) is 14.5 Å². The van der Waals surface area contributed by atoms with Gasteiger partial charge in [-0.1, -0.05) is 29.8 Å². The molecular weight excluding hydrogens is 326 g/mol. The van der Waals surface area contributed by atoms with E-state index in [0.717, 1.165) is 5.69 Å². The molecule has 0 aromatic heterocycles. The van der Waals surface area contributed by atoms with Gasteiger partial charge in [0, 0.05) is 16.4 Å². The summed E-state index contributed by atoms with van der Waals surface area (Å²) in [6.45, 7) is 1.86. The monoisotopic (exact) mass is 345 g/mol. The summed E-state index contributed by atoms with van der Waals surface area (Å²) < 4.78 is 0. The molecule has 0 spiro atoms. The van der Waals surface area contributed by atoms with Crippen molar-refractivity contribution in [2.24, 2.45) is 0 Å². The first kappa shape index (κ1) is 18.0. The Hall–Kier alpha value is -2.37. The number of nitrogens with one attached hydrogen (secondary N) is 2. The van der Waals surface area contributed by atoms with E-state index in [1.54, 1.807) is 43.1 Å². The van der Waals surface area contributed by atoms with Crippen LogP contribution in [0.4, 0.5) is 11.4 Å². The number of nitrogens with zero attached hydrogens (tertiary/aromatic N) is 1. The molecule has 2 aromatic carbocycles. The maximum Gasteiger partial charge on any atom is 0.241 e. The fourth-order valence-electron chi connectivity index (χ4n) is 2.07. The second-order valence-corrected chi connectivity index (χ2v) is 5.94. The molecule has 0 saturated heterocycles. The predicted molar refractivity (Wildman–Crippen MR) is 97.2 cm³/mol. The van der Waals surface area contributed by atoms with E-state index in [1.807, 2.05) is 30.3 Å². The van der Waals surface area contributed by atoms with Crippen molar-refractivity contribution in [1.82, 2.24) is 4.90 Å². The van der Waals surface area contributed by atoms with Crippen LogP contribution in [0.2, 0.25) is 5.02 Å². The van der Waals surface area contributed by atoms with Crippen LogP contribution in [0.1, 0.15) is 6.92 Å². The molecule has 2 aromatic rings. The van der Waals surface area contributed by atoms with Gasteiger partial charge in [0.05, 0.1) is 12.6 Å². The minimum Gasteiger partial charge on any atom is -0.325 e. The molecule has 126 valence electrons. The average molecular weight is 346 g/mol. The first-order valence-electron chi connectivity index (χ1n) is 7.57. The molecule has 0 aliphatic rings. The van der Waals surface area contributed by atoms with Crippen LogP contribution in [-0.2, 0) is 9.59 Å². The molecule has 0 fully saturated rings. The van der Waals surface area contributed by atoms with Crippen molar-refractivity contribution in [3.05, 3.63) is 59.6 Å². The van der Waals surface area contributed by atoms with Crippen LogP contribution in [0.25, 0.3) is 0 Å². The smallest absolute Gasteiger partial charge is 0.241 e. The van der Waals surface area contributed by atoms with Crippen LogP contribution in [0, 0.1) is 0 Å². The van der Waals surface area contributed by atoms with Crippen molar-refractivity contribution < 1.29 is 9.59 Å². The number of likely N-dealkylation sites (N-methyl/N-ethyl adjacent to an activating group) is 1. The Morgan fingerprint density at radius 1 is 1.00 bits per heavy atom. The molecule has 0 unspecified atom stereocenters. The fraction of sp³-hybridized carbons (Fsp3) is 0.222. The number of hydrogen-bond acceptors (Lipinski definition) is 3. The molecule has 0 aliphatic heterocycles. The second-order valence-electron chi connectivity index (χ2n) is 5.50. The number of hydrogen-bond donors (Lipinski definition) is 2. The average Bonchev–Trinajstić information content (AvgIpc) is 2.57. The topological polar surface area (TPSA) is 61.4 Å². The molecule has 24 heavy (non-hydrogen) atoms. The van der Waals surface area contributed by atoms with Gasteiger partial charge in [-0.15, -0.1) is 0 Å². The summed E-state index contributed by atoms with van der Waals surface area (Å²) in [6, 6.07) is 15.6. The van der Waals surface area contributed by atoms with E-state index < -0.39 is 6.04 Å². The van der Waals surface area contributed by atoms with Crippen molar-refractivity contribution in [3.8, 4) is 0 Å². The lowest BCUT2D eigenvalue weighted by atomic mass is 10.2. The zero-order valence-electron chi connectivity index (χ0n) is 13.6. The standard InChI is InChI=1S/C18H20ClN3O2/c1-13(18(24)21-15-6-4-3-5-7-15)22(2)12-17(23)20-16-10-8-14(19)9-11-16/h3-11,13H,12H2,1-2H3,(H,20,23)(H,21,24)/t13-/m0/s1. The van der Waals surface area contributed by atoms with E-state index in [2.05, 4.69) is 10.6 Å². The molecule has 6 heteroatoms. The molecule has 0 saturated carbocycles. The van der Waals surface area contributed by atoms with Gasteiger partial charge in [0.15, 0.2) is 0 Å². The first-order valence-corrected chi connectivity index (χ1v) is 7.95. The molecule has 0 bridgehead atoms. The van der Waals surface area contributed by atoms with Crippen LogP contribution < -0.4 is 10.6 Å². The Bertz CT molecular complexity index is 689. The molecule has 2 N–H and O–H groups in total. The summed E-state index contributed by atoms with van der Waals surface area (Å²) in [6.07, 6.45) is 0. The van der Waals surface area contributed by atoms with Crippen LogP contribution in [0.3, 0.4) is 0 Å².